The summed E-state index contributed by atoms with van der Waals surface area (Å²) in [5.74, 6) is 0.324. The summed E-state index contributed by atoms with van der Waals surface area (Å²) in [6.45, 7) is 1.13. The first kappa shape index (κ1) is 22.9. The SMILES string of the molecule is COc1ccc(OC)c(S(=O)(=O)Nc2sc3c(c2C(=O)NCC2CCCO2)CCCC3)c1. The number of methoxy groups -OCH3 is 2. The third-order valence-electron chi connectivity index (χ3n) is 5.80. The highest BCUT2D eigenvalue weighted by Gasteiger charge is 2.30. The molecule has 32 heavy (non-hydrogen) atoms. The Hall–Kier alpha value is -2.30. The second-order valence-electron chi connectivity index (χ2n) is 7.88. The molecule has 2 heterocycles. The van der Waals surface area contributed by atoms with Crippen molar-refractivity contribution in [3.63, 3.8) is 0 Å². The average Bonchev–Trinajstić information content (AvgIpc) is 3.44. The Bertz CT molecular complexity index is 1090. The quantitative estimate of drug-likeness (QED) is 0.601. The summed E-state index contributed by atoms with van der Waals surface area (Å²) < 4.78 is 45.3. The molecule has 0 spiro atoms. The van der Waals surface area contributed by atoms with Gasteiger partial charge in [0, 0.05) is 24.1 Å². The molecule has 1 aromatic carbocycles. The predicted octanol–water partition coefficient (Wildman–Crippen LogP) is 3.35. The second kappa shape index (κ2) is 9.68. The van der Waals surface area contributed by atoms with Crippen molar-refractivity contribution in [1.82, 2.24) is 5.32 Å². The lowest BCUT2D eigenvalue weighted by atomic mass is 9.95. The topological polar surface area (TPSA) is 103 Å². The number of thiophene rings is 1. The third kappa shape index (κ3) is 4.72. The first-order chi connectivity index (χ1) is 15.4. The van der Waals surface area contributed by atoms with E-state index in [0.717, 1.165) is 49.0 Å². The number of aryl methyl sites for hydroxylation is 1. The molecule has 0 radical (unpaired) electrons. The van der Waals surface area contributed by atoms with Gasteiger partial charge in [0.1, 0.15) is 21.4 Å². The molecule has 2 aromatic rings. The van der Waals surface area contributed by atoms with Crippen molar-refractivity contribution in [1.29, 1.82) is 0 Å². The molecule has 1 amide bonds. The van der Waals surface area contributed by atoms with Crippen LogP contribution in [0, 0.1) is 0 Å². The van der Waals surface area contributed by atoms with Crippen molar-refractivity contribution < 1.29 is 27.4 Å². The second-order valence-corrected chi connectivity index (χ2v) is 10.6. The lowest BCUT2D eigenvalue weighted by Gasteiger charge is -2.16. The Morgan fingerprint density at radius 1 is 1.19 bits per heavy atom. The summed E-state index contributed by atoms with van der Waals surface area (Å²) in [4.78, 5) is 14.2. The number of ether oxygens (including phenoxy) is 3. The molecule has 10 heteroatoms. The Morgan fingerprint density at radius 3 is 2.72 bits per heavy atom. The van der Waals surface area contributed by atoms with Crippen LogP contribution in [0.15, 0.2) is 23.1 Å². The van der Waals surface area contributed by atoms with Crippen molar-refractivity contribution in [3.05, 3.63) is 34.2 Å². The van der Waals surface area contributed by atoms with Crippen LogP contribution in [0.25, 0.3) is 0 Å². The Kier molecular flexibility index (Phi) is 6.92. The van der Waals surface area contributed by atoms with E-state index in [1.165, 1.54) is 31.6 Å². The normalized spacial score (nSPS) is 18.1. The van der Waals surface area contributed by atoms with E-state index < -0.39 is 10.0 Å². The zero-order valence-corrected chi connectivity index (χ0v) is 19.9. The van der Waals surface area contributed by atoms with Crippen LogP contribution in [0.3, 0.4) is 0 Å². The molecule has 1 fully saturated rings. The van der Waals surface area contributed by atoms with Gasteiger partial charge in [-0.1, -0.05) is 0 Å². The van der Waals surface area contributed by atoms with Crippen molar-refractivity contribution >= 4 is 32.3 Å². The number of fused-ring (bicyclic) bond motifs is 1. The van der Waals surface area contributed by atoms with Crippen molar-refractivity contribution in [2.45, 2.75) is 49.5 Å². The van der Waals surface area contributed by atoms with E-state index >= 15 is 0 Å². The molecule has 1 aromatic heterocycles. The molecule has 0 saturated carbocycles. The summed E-state index contributed by atoms with van der Waals surface area (Å²) in [6.07, 6.45) is 5.52. The minimum Gasteiger partial charge on any atom is -0.497 e. The van der Waals surface area contributed by atoms with Gasteiger partial charge in [-0.3, -0.25) is 9.52 Å². The molecule has 174 valence electrons. The number of rotatable bonds is 8. The fourth-order valence-corrected chi connectivity index (χ4v) is 6.93. The van der Waals surface area contributed by atoms with Gasteiger partial charge < -0.3 is 19.5 Å². The first-order valence-corrected chi connectivity index (χ1v) is 13.0. The van der Waals surface area contributed by atoms with E-state index in [1.807, 2.05) is 0 Å². The zero-order valence-electron chi connectivity index (χ0n) is 18.2. The number of benzene rings is 1. The van der Waals surface area contributed by atoms with Crippen LogP contribution in [0.2, 0.25) is 0 Å². The molecule has 1 atom stereocenters. The lowest BCUT2D eigenvalue weighted by Crippen LogP contribution is -2.32. The van der Waals surface area contributed by atoms with Crippen molar-refractivity contribution in [2.75, 3.05) is 32.1 Å². The smallest absolute Gasteiger partial charge is 0.266 e. The molecular formula is C22H28N2O6S2. The van der Waals surface area contributed by atoms with Crippen LogP contribution >= 0.6 is 11.3 Å². The van der Waals surface area contributed by atoms with Gasteiger partial charge in [0.2, 0.25) is 0 Å². The number of carbonyl (C=O) groups excluding carboxylic acids is 1. The van der Waals surface area contributed by atoms with E-state index in [1.54, 1.807) is 12.1 Å². The first-order valence-electron chi connectivity index (χ1n) is 10.7. The molecule has 1 aliphatic heterocycles. The maximum atomic E-state index is 13.3. The van der Waals surface area contributed by atoms with Crippen LogP contribution in [0.4, 0.5) is 5.00 Å². The summed E-state index contributed by atoms with van der Waals surface area (Å²) in [5, 5.41) is 3.29. The number of sulfonamides is 1. The molecule has 2 aliphatic rings. The fraction of sp³-hybridized carbons (Fsp3) is 0.500. The number of carbonyl (C=O) groups is 1. The zero-order chi connectivity index (χ0) is 22.7. The van der Waals surface area contributed by atoms with E-state index in [9.17, 15) is 13.2 Å². The summed E-state index contributed by atoms with van der Waals surface area (Å²) in [7, 11) is -1.14. The van der Waals surface area contributed by atoms with Crippen molar-refractivity contribution in [3.8, 4) is 11.5 Å². The summed E-state index contributed by atoms with van der Waals surface area (Å²) >= 11 is 1.34. The summed E-state index contributed by atoms with van der Waals surface area (Å²) in [6, 6.07) is 4.58. The largest absolute Gasteiger partial charge is 0.497 e. The maximum absolute atomic E-state index is 13.3. The molecule has 2 N–H and O–H groups in total. The highest BCUT2D eigenvalue weighted by Crippen LogP contribution is 2.40. The van der Waals surface area contributed by atoms with Gasteiger partial charge in [0.05, 0.1) is 25.9 Å². The van der Waals surface area contributed by atoms with Gasteiger partial charge in [-0.15, -0.1) is 11.3 Å². The van der Waals surface area contributed by atoms with Gasteiger partial charge in [-0.2, -0.15) is 0 Å². The molecule has 1 aliphatic carbocycles. The molecule has 0 bridgehead atoms. The Labute approximate surface area is 192 Å². The van der Waals surface area contributed by atoms with Gasteiger partial charge in [0.25, 0.3) is 15.9 Å². The fourth-order valence-electron chi connectivity index (χ4n) is 4.15. The highest BCUT2D eigenvalue weighted by atomic mass is 32.2. The molecule has 4 rings (SSSR count). The lowest BCUT2D eigenvalue weighted by molar-refractivity contribution is 0.0858. The van der Waals surface area contributed by atoms with Crippen LogP contribution in [0.1, 0.15) is 46.5 Å². The number of hydrogen-bond donors (Lipinski definition) is 2. The standard InChI is InChI=1S/C22H28N2O6S2/c1-28-14-9-10-17(29-2)19(12-14)32(26,27)24-22-20(16-7-3-4-8-18(16)31-22)21(25)23-13-15-6-5-11-30-15/h9-10,12,15,24H,3-8,11,13H2,1-2H3,(H,23,25). The maximum Gasteiger partial charge on any atom is 0.266 e. The van der Waals surface area contributed by atoms with Crippen LogP contribution < -0.4 is 19.5 Å². The molecule has 8 nitrogen and oxygen atoms in total. The number of amides is 1. The number of hydrogen-bond acceptors (Lipinski definition) is 7. The van der Waals surface area contributed by atoms with Gasteiger partial charge in [-0.05, 0) is 56.2 Å². The molecular weight excluding hydrogens is 452 g/mol. The minimum absolute atomic E-state index is 0.00889. The Balaban J connectivity index is 1.66. The van der Waals surface area contributed by atoms with E-state index in [4.69, 9.17) is 14.2 Å². The van der Waals surface area contributed by atoms with Crippen LogP contribution in [0.5, 0.6) is 11.5 Å². The molecule has 1 saturated heterocycles. The van der Waals surface area contributed by atoms with Gasteiger partial charge in [0.15, 0.2) is 0 Å². The number of nitrogens with one attached hydrogen (secondary N) is 2. The van der Waals surface area contributed by atoms with E-state index in [-0.39, 0.29) is 22.7 Å². The monoisotopic (exact) mass is 480 g/mol. The Morgan fingerprint density at radius 2 is 2.00 bits per heavy atom. The van der Waals surface area contributed by atoms with Gasteiger partial charge in [-0.25, -0.2) is 8.42 Å². The number of anilines is 1. The average molecular weight is 481 g/mol. The summed E-state index contributed by atoms with van der Waals surface area (Å²) in [5.41, 5.74) is 1.37. The van der Waals surface area contributed by atoms with Crippen molar-refractivity contribution in [2.24, 2.45) is 0 Å². The highest BCUT2D eigenvalue weighted by molar-refractivity contribution is 7.93. The van der Waals surface area contributed by atoms with Gasteiger partial charge >= 0.3 is 0 Å². The third-order valence-corrected chi connectivity index (χ3v) is 8.51. The molecule has 1 unspecified atom stereocenters. The van der Waals surface area contributed by atoms with Crippen LogP contribution in [-0.2, 0) is 27.6 Å². The van der Waals surface area contributed by atoms with E-state index in [0.29, 0.717) is 29.5 Å². The van der Waals surface area contributed by atoms with Crippen LogP contribution in [-0.4, -0.2) is 47.8 Å². The minimum atomic E-state index is -4.02. The van der Waals surface area contributed by atoms with E-state index in [2.05, 4.69) is 10.0 Å². The predicted molar refractivity (Wildman–Crippen MR) is 123 cm³/mol.